The number of Topliss-reactive ketones (excluding diaryl/α,β-unsaturated/α-hetero) is 1. The van der Waals surface area contributed by atoms with Crippen molar-refractivity contribution in [1.82, 2.24) is 0 Å². The van der Waals surface area contributed by atoms with Gasteiger partial charge in [-0.1, -0.05) is 24.3 Å². The molecule has 3 heteroatoms. The maximum atomic E-state index is 11.8. The first-order valence-electron chi connectivity index (χ1n) is 5.47. The van der Waals surface area contributed by atoms with Crippen LogP contribution in [0.2, 0.25) is 0 Å². The number of carbonyl (C=O) groups excluding carboxylic acids is 1. The van der Waals surface area contributed by atoms with E-state index in [9.17, 15) is 9.90 Å². The summed E-state index contributed by atoms with van der Waals surface area (Å²) in [6, 6.07) is 7.37. The zero-order valence-electron chi connectivity index (χ0n) is 9.86. The van der Waals surface area contributed by atoms with Crippen molar-refractivity contribution >= 4 is 5.78 Å². The van der Waals surface area contributed by atoms with Gasteiger partial charge in [-0.3, -0.25) is 4.79 Å². The molecular weight excluding hydrogens is 202 g/mol. The molecule has 16 heavy (non-hydrogen) atoms. The molecular formula is C13H19NO2. The van der Waals surface area contributed by atoms with E-state index in [-0.39, 0.29) is 5.78 Å². The first kappa shape index (κ1) is 12.9. The van der Waals surface area contributed by atoms with Gasteiger partial charge in [0.1, 0.15) is 0 Å². The first-order chi connectivity index (χ1) is 7.44. The lowest BCUT2D eigenvalue weighted by Gasteiger charge is -2.18. The van der Waals surface area contributed by atoms with Crippen molar-refractivity contribution in [3.8, 4) is 0 Å². The van der Waals surface area contributed by atoms with E-state index in [1.807, 2.05) is 18.2 Å². The van der Waals surface area contributed by atoms with Crippen LogP contribution in [-0.4, -0.2) is 23.0 Å². The first-order valence-corrected chi connectivity index (χ1v) is 5.47. The van der Waals surface area contributed by atoms with Crippen molar-refractivity contribution in [2.24, 2.45) is 5.73 Å². The van der Waals surface area contributed by atoms with Crippen molar-refractivity contribution in [1.29, 1.82) is 0 Å². The third-order valence-corrected chi connectivity index (χ3v) is 2.31. The third kappa shape index (κ3) is 3.76. The van der Waals surface area contributed by atoms with Gasteiger partial charge >= 0.3 is 0 Å². The standard InChI is InChI=1S/C13H19NO2/c1-13(2,16)9-10-5-3-4-6-11(10)12(15)7-8-14/h3-6,16H,7-9,14H2,1-2H3. The summed E-state index contributed by atoms with van der Waals surface area (Å²) in [5.74, 6) is 0.0438. The van der Waals surface area contributed by atoms with Crippen LogP contribution in [0, 0.1) is 0 Å². The Hall–Kier alpha value is -1.19. The summed E-state index contributed by atoms with van der Waals surface area (Å²) in [6.45, 7) is 3.82. The summed E-state index contributed by atoms with van der Waals surface area (Å²) >= 11 is 0. The summed E-state index contributed by atoms with van der Waals surface area (Å²) in [5.41, 5.74) is 6.13. The van der Waals surface area contributed by atoms with Crippen LogP contribution in [-0.2, 0) is 6.42 Å². The van der Waals surface area contributed by atoms with Crippen molar-refractivity contribution in [2.75, 3.05) is 6.54 Å². The van der Waals surface area contributed by atoms with Crippen molar-refractivity contribution in [3.05, 3.63) is 35.4 Å². The Morgan fingerprint density at radius 2 is 2.00 bits per heavy atom. The van der Waals surface area contributed by atoms with Crippen LogP contribution in [0.3, 0.4) is 0 Å². The molecule has 0 heterocycles. The van der Waals surface area contributed by atoms with Gasteiger partial charge in [0.25, 0.3) is 0 Å². The molecule has 0 spiro atoms. The topological polar surface area (TPSA) is 63.3 Å². The Bertz CT molecular complexity index is 366. The second kappa shape index (κ2) is 5.23. The van der Waals surface area contributed by atoms with Crippen LogP contribution < -0.4 is 5.73 Å². The van der Waals surface area contributed by atoms with E-state index in [2.05, 4.69) is 0 Å². The number of aliphatic hydroxyl groups is 1. The van der Waals surface area contributed by atoms with E-state index in [1.165, 1.54) is 0 Å². The monoisotopic (exact) mass is 221 g/mol. The number of hydrogen-bond donors (Lipinski definition) is 2. The number of ketones is 1. The van der Waals surface area contributed by atoms with E-state index in [0.717, 1.165) is 5.56 Å². The van der Waals surface area contributed by atoms with E-state index >= 15 is 0 Å². The Labute approximate surface area is 96.3 Å². The van der Waals surface area contributed by atoms with Gasteiger partial charge in [-0.05, 0) is 26.0 Å². The summed E-state index contributed by atoms with van der Waals surface area (Å²) in [7, 11) is 0. The van der Waals surface area contributed by atoms with Crippen LogP contribution in [0.1, 0.15) is 36.2 Å². The molecule has 88 valence electrons. The molecule has 1 aromatic carbocycles. The zero-order valence-corrected chi connectivity index (χ0v) is 9.86. The van der Waals surface area contributed by atoms with Crippen molar-refractivity contribution in [2.45, 2.75) is 32.3 Å². The lowest BCUT2D eigenvalue weighted by molar-refractivity contribution is 0.0804. The molecule has 0 aliphatic carbocycles. The van der Waals surface area contributed by atoms with E-state index < -0.39 is 5.60 Å². The predicted octanol–water partition coefficient (Wildman–Crippen LogP) is 1.53. The minimum atomic E-state index is -0.806. The molecule has 3 nitrogen and oxygen atoms in total. The van der Waals surface area contributed by atoms with Gasteiger partial charge in [0, 0.05) is 18.4 Å². The molecule has 0 aromatic heterocycles. The SMILES string of the molecule is CC(C)(O)Cc1ccccc1C(=O)CCN. The quantitative estimate of drug-likeness (QED) is 0.741. The van der Waals surface area contributed by atoms with Crippen LogP contribution in [0.25, 0.3) is 0 Å². The maximum Gasteiger partial charge on any atom is 0.164 e. The molecule has 0 fully saturated rings. The second-order valence-electron chi connectivity index (χ2n) is 4.61. The highest BCUT2D eigenvalue weighted by atomic mass is 16.3. The van der Waals surface area contributed by atoms with Gasteiger partial charge in [0.05, 0.1) is 5.60 Å². The molecule has 1 rings (SSSR count). The number of carbonyl (C=O) groups is 1. The minimum absolute atomic E-state index is 0.0438. The average molecular weight is 221 g/mol. The molecule has 0 aliphatic rings. The number of rotatable bonds is 5. The molecule has 0 unspecified atom stereocenters. The highest BCUT2D eigenvalue weighted by molar-refractivity contribution is 5.97. The highest BCUT2D eigenvalue weighted by Crippen LogP contribution is 2.17. The number of nitrogens with two attached hydrogens (primary N) is 1. The van der Waals surface area contributed by atoms with Gasteiger partial charge in [-0.2, -0.15) is 0 Å². The fourth-order valence-electron chi connectivity index (χ4n) is 1.68. The Balaban J connectivity index is 2.96. The minimum Gasteiger partial charge on any atom is -0.390 e. The molecule has 0 radical (unpaired) electrons. The van der Waals surface area contributed by atoms with Crippen LogP contribution in [0.5, 0.6) is 0 Å². The van der Waals surface area contributed by atoms with Crippen molar-refractivity contribution in [3.63, 3.8) is 0 Å². The second-order valence-corrected chi connectivity index (χ2v) is 4.61. The number of benzene rings is 1. The Morgan fingerprint density at radius 3 is 2.56 bits per heavy atom. The summed E-state index contributed by atoms with van der Waals surface area (Å²) in [6.07, 6.45) is 0.822. The smallest absolute Gasteiger partial charge is 0.164 e. The molecule has 1 aromatic rings. The Kier molecular flexibility index (Phi) is 4.21. The van der Waals surface area contributed by atoms with Gasteiger partial charge in [0.2, 0.25) is 0 Å². The normalized spacial score (nSPS) is 11.5. The molecule has 0 aliphatic heterocycles. The molecule has 0 atom stereocenters. The van der Waals surface area contributed by atoms with Crippen LogP contribution in [0.4, 0.5) is 0 Å². The molecule has 0 amide bonds. The van der Waals surface area contributed by atoms with Gasteiger partial charge in [-0.15, -0.1) is 0 Å². The van der Waals surface area contributed by atoms with E-state index in [1.54, 1.807) is 19.9 Å². The highest BCUT2D eigenvalue weighted by Gasteiger charge is 2.18. The van der Waals surface area contributed by atoms with Gasteiger partial charge in [0.15, 0.2) is 5.78 Å². The largest absolute Gasteiger partial charge is 0.390 e. The van der Waals surface area contributed by atoms with E-state index in [0.29, 0.717) is 24.9 Å². The van der Waals surface area contributed by atoms with Gasteiger partial charge in [-0.25, -0.2) is 0 Å². The lowest BCUT2D eigenvalue weighted by atomic mass is 9.92. The summed E-state index contributed by atoms with van der Waals surface area (Å²) < 4.78 is 0. The summed E-state index contributed by atoms with van der Waals surface area (Å²) in [4.78, 5) is 11.8. The van der Waals surface area contributed by atoms with Crippen LogP contribution >= 0.6 is 0 Å². The van der Waals surface area contributed by atoms with Crippen LogP contribution in [0.15, 0.2) is 24.3 Å². The predicted molar refractivity (Wildman–Crippen MR) is 64.4 cm³/mol. The fourth-order valence-corrected chi connectivity index (χ4v) is 1.68. The lowest BCUT2D eigenvalue weighted by Crippen LogP contribution is -2.23. The summed E-state index contributed by atoms with van der Waals surface area (Å²) in [5, 5.41) is 9.77. The molecule has 0 bridgehead atoms. The molecule has 0 saturated carbocycles. The average Bonchev–Trinajstić information content (AvgIpc) is 2.16. The number of hydrogen-bond acceptors (Lipinski definition) is 3. The maximum absolute atomic E-state index is 11.8. The third-order valence-electron chi connectivity index (χ3n) is 2.31. The Morgan fingerprint density at radius 1 is 1.38 bits per heavy atom. The molecule has 0 saturated heterocycles. The van der Waals surface area contributed by atoms with Gasteiger partial charge < -0.3 is 10.8 Å². The molecule has 3 N–H and O–H groups in total. The van der Waals surface area contributed by atoms with Crippen molar-refractivity contribution < 1.29 is 9.90 Å². The van der Waals surface area contributed by atoms with E-state index in [4.69, 9.17) is 5.73 Å². The fraction of sp³-hybridized carbons (Fsp3) is 0.462. The zero-order chi connectivity index (χ0) is 12.2.